The molecular weight excluding hydrogens is 156 g/mol. The zero-order chi connectivity index (χ0) is 9.23. The van der Waals surface area contributed by atoms with Crippen molar-refractivity contribution in [1.29, 1.82) is 0 Å². The third kappa shape index (κ3) is 5.53. The van der Waals surface area contributed by atoms with E-state index in [0.29, 0.717) is 31.8 Å². The minimum atomic E-state index is -0.495. The lowest BCUT2D eigenvalue weighted by Crippen LogP contribution is -2.01. The van der Waals surface area contributed by atoms with Gasteiger partial charge in [0.05, 0.1) is 5.92 Å². The first-order valence-corrected chi connectivity index (χ1v) is 3.84. The van der Waals surface area contributed by atoms with E-state index in [1.807, 2.05) is 0 Å². The standard InChI is InChI=1S/C9H12O3/c10-6-4-2-1-3-5-9(7-11)8-12/h1-2,6-9H,3-5H2. The number of allylic oxidation sites excluding steroid dienone is 2. The van der Waals surface area contributed by atoms with Gasteiger partial charge in [0, 0.05) is 6.42 Å². The quantitative estimate of drug-likeness (QED) is 0.323. The van der Waals surface area contributed by atoms with Gasteiger partial charge in [0.2, 0.25) is 0 Å². The Bertz CT molecular complexity index is 165. The average molecular weight is 168 g/mol. The third-order valence-electron chi connectivity index (χ3n) is 1.42. The summed E-state index contributed by atoms with van der Waals surface area (Å²) in [7, 11) is 0. The second-order valence-corrected chi connectivity index (χ2v) is 2.39. The van der Waals surface area contributed by atoms with Crippen LogP contribution < -0.4 is 0 Å². The Morgan fingerprint density at radius 1 is 1.00 bits per heavy atom. The molecule has 0 bridgehead atoms. The Labute approximate surface area is 71.5 Å². The molecule has 3 nitrogen and oxygen atoms in total. The molecule has 0 unspecified atom stereocenters. The van der Waals surface area contributed by atoms with Crippen molar-refractivity contribution in [3.05, 3.63) is 12.2 Å². The summed E-state index contributed by atoms with van der Waals surface area (Å²) in [5.41, 5.74) is 0. The maximum Gasteiger partial charge on any atom is 0.130 e. The topological polar surface area (TPSA) is 51.2 Å². The molecule has 0 heterocycles. The molecule has 0 aliphatic rings. The van der Waals surface area contributed by atoms with E-state index in [-0.39, 0.29) is 0 Å². The Morgan fingerprint density at radius 3 is 2.17 bits per heavy atom. The highest BCUT2D eigenvalue weighted by Crippen LogP contribution is 2.01. The molecule has 0 N–H and O–H groups in total. The fraction of sp³-hybridized carbons (Fsp3) is 0.444. The molecule has 66 valence electrons. The first kappa shape index (κ1) is 10.8. The van der Waals surface area contributed by atoms with Crippen molar-refractivity contribution in [1.82, 2.24) is 0 Å². The highest BCUT2D eigenvalue weighted by Gasteiger charge is 2.01. The summed E-state index contributed by atoms with van der Waals surface area (Å²) in [6, 6.07) is 0. The molecule has 3 heteroatoms. The van der Waals surface area contributed by atoms with Gasteiger partial charge in [0.1, 0.15) is 18.9 Å². The van der Waals surface area contributed by atoms with E-state index in [9.17, 15) is 14.4 Å². The zero-order valence-electron chi connectivity index (χ0n) is 6.81. The van der Waals surface area contributed by atoms with E-state index in [4.69, 9.17) is 0 Å². The molecule has 0 saturated carbocycles. The van der Waals surface area contributed by atoms with Crippen molar-refractivity contribution < 1.29 is 14.4 Å². The van der Waals surface area contributed by atoms with Crippen LogP contribution in [0.15, 0.2) is 12.2 Å². The summed E-state index contributed by atoms with van der Waals surface area (Å²) >= 11 is 0. The van der Waals surface area contributed by atoms with Crippen LogP contribution in [-0.2, 0) is 14.4 Å². The summed E-state index contributed by atoms with van der Waals surface area (Å²) in [6.07, 6.45) is 7.19. The number of aldehydes is 3. The molecule has 0 aliphatic carbocycles. The van der Waals surface area contributed by atoms with E-state index >= 15 is 0 Å². The van der Waals surface area contributed by atoms with E-state index in [1.54, 1.807) is 12.2 Å². The normalized spacial score (nSPS) is 10.4. The molecule has 0 atom stereocenters. The Balaban J connectivity index is 3.46. The van der Waals surface area contributed by atoms with Gasteiger partial charge in [-0.2, -0.15) is 0 Å². The second-order valence-electron chi connectivity index (χ2n) is 2.39. The average Bonchev–Trinajstić information content (AvgIpc) is 2.11. The van der Waals surface area contributed by atoms with Crippen molar-refractivity contribution in [2.45, 2.75) is 19.3 Å². The predicted molar refractivity (Wildman–Crippen MR) is 44.7 cm³/mol. The molecule has 0 spiro atoms. The largest absolute Gasteiger partial charge is 0.303 e. The van der Waals surface area contributed by atoms with Crippen LogP contribution in [0.1, 0.15) is 19.3 Å². The molecule has 0 fully saturated rings. The summed E-state index contributed by atoms with van der Waals surface area (Å²) < 4.78 is 0. The van der Waals surface area contributed by atoms with Crippen LogP contribution in [0.25, 0.3) is 0 Å². The van der Waals surface area contributed by atoms with Crippen LogP contribution in [0.2, 0.25) is 0 Å². The van der Waals surface area contributed by atoms with E-state index in [0.717, 1.165) is 6.29 Å². The number of carbonyl (C=O) groups excluding carboxylic acids is 3. The highest BCUT2D eigenvalue weighted by molar-refractivity contribution is 5.77. The van der Waals surface area contributed by atoms with Gasteiger partial charge in [-0.3, -0.25) is 0 Å². The van der Waals surface area contributed by atoms with Crippen LogP contribution in [0.5, 0.6) is 0 Å². The van der Waals surface area contributed by atoms with Gasteiger partial charge in [0.25, 0.3) is 0 Å². The summed E-state index contributed by atoms with van der Waals surface area (Å²) in [6.45, 7) is 0. The van der Waals surface area contributed by atoms with Crippen LogP contribution in [0.4, 0.5) is 0 Å². The van der Waals surface area contributed by atoms with E-state index in [2.05, 4.69) is 0 Å². The van der Waals surface area contributed by atoms with Crippen molar-refractivity contribution in [3.8, 4) is 0 Å². The molecular formula is C9H12O3. The number of carbonyl (C=O) groups is 3. The van der Waals surface area contributed by atoms with Gasteiger partial charge in [-0.1, -0.05) is 12.2 Å². The molecule has 0 amide bonds. The molecule has 0 aromatic carbocycles. The second kappa shape index (κ2) is 7.85. The maximum atomic E-state index is 10.1. The Kier molecular flexibility index (Phi) is 7.03. The molecule has 0 aliphatic heterocycles. The highest BCUT2D eigenvalue weighted by atomic mass is 16.1. The molecule has 12 heavy (non-hydrogen) atoms. The first-order chi connectivity index (χ1) is 5.85. The molecule has 0 aromatic heterocycles. The van der Waals surface area contributed by atoms with Gasteiger partial charge in [0.15, 0.2) is 0 Å². The van der Waals surface area contributed by atoms with E-state index in [1.165, 1.54) is 0 Å². The molecule has 0 aromatic rings. The molecule has 0 rings (SSSR count). The molecule has 0 radical (unpaired) electrons. The van der Waals surface area contributed by atoms with Crippen molar-refractivity contribution in [3.63, 3.8) is 0 Å². The third-order valence-corrected chi connectivity index (χ3v) is 1.42. The SMILES string of the molecule is O=CCC=CCCC(C=O)C=O. The maximum absolute atomic E-state index is 10.1. The predicted octanol–water partition coefficient (Wildman–Crippen LogP) is 0.926. The first-order valence-electron chi connectivity index (χ1n) is 3.84. The summed E-state index contributed by atoms with van der Waals surface area (Å²) in [4.78, 5) is 30.1. The smallest absolute Gasteiger partial charge is 0.130 e. The lowest BCUT2D eigenvalue weighted by Gasteiger charge is -1.95. The Morgan fingerprint density at radius 2 is 1.67 bits per heavy atom. The summed E-state index contributed by atoms with van der Waals surface area (Å²) in [5.74, 6) is -0.495. The van der Waals surface area contributed by atoms with Crippen molar-refractivity contribution in [2.75, 3.05) is 0 Å². The fourth-order valence-corrected chi connectivity index (χ4v) is 0.726. The van der Waals surface area contributed by atoms with Crippen LogP contribution in [-0.4, -0.2) is 18.9 Å². The minimum absolute atomic E-state index is 0.396. The van der Waals surface area contributed by atoms with Crippen LogP contribution >= 0.6 is 0 Å². The Hall–Kier alpha value is -1.25. The van der Waals surface area contributed by atoms with Crippen LogP contribution in [0.3, 0.4) is 0 Å². The fourth-order valence-electron chi connectivity index (χ4n) is 0.726. The lowest BCUT2D eigenvalue weighted by molar-refractivity contribution is -0.119. The number of hydrogen-bond acceptors (Lipinski definition) is 3. The molecule has 0 saturated heterocycles. The van der Waals surface area contributed by atoms with Gasteiger partial charge >= 0.3 is 0 Å². The lowest BCUT2D eigenvalue weighted by atomic mass is 10.1. The zero-order valence-corrected chi connectivity index (χ0v) is 6.81. The van der Waals surface area contributed by atoms with Gasteiger partial charge < -0.3 is 14.4 Å². The van der Waals surface area contributed by atoms with Gasteiger partial charge in [-0.15, -0.1) is 0 Å². The minimum Gasteiger partial charge on any atom is -0.303 e. The van der Waals surface area contributed by atoms with Gasteiger partial charge in [-0.25, -0.2) is 0 Å². The van der Waals surface area contributed by atoms with Crippen molar-refractivity contribution >= 4 is 18.9 Å². The summed E-state index contributed by atoms with van der Waals surface area (Å²) in [5, 5.41) is 0. The van der Waals surface area contributed by atoms with Crippen molar-refractivity contribution in [2.24, 2.45) is 5.92 Å². The van der Waals surface area contributed by atoms with Gasteiger partial charge in [-0.05, 0) is 12.8 Å². The monoisotopic (exact) mass is 168 g/mol. The number of hydrogen-bond donors (Lipinski definition) is 0. The van der Waals surface area contributed by atoms with Crippen LogP contribution in [0, 0.1) is 5.92 Å². The number of rotatable bonds is 7. The van der Waals surface area contributed by atoms with E-state index < -0.39 is 5.92 Å².